The summed E-state index contributed by atoms with van der Waals surface area (Å²) in [7, 11) is 0. The summed E-state index contributed by atoms with van der Waals surface area (Å²) in [6, 6.07) is 7.46. The molecule has 0 spiro atoms. The fourth-order valence-electron chi connectivity index (χ4n) is 2.68. The molecule has 1 amide bonds. The van der Waals surface area contributed by atoms with E-state index < -0.39 is 0 Å². The van der Waals surface area contributed by atoms with Crippen molar-refractivity contribution in [2.45, 2.75) is 17.6 Å². The van der Waals surface area contributed by atoms with Crippen molar-refractivity contribution in [1.29, 1.82) is 0 Å². The molecule has 5 nitrogen and oxygen atoms in total. The number of aliphatic hydroxyl groups excluding tert-OH is 1. The monoisotopic (exact) mass is 329 g/mol. The molecule has 0 aliphatic heterocycles. The molecule has 0 fully saturated rings. The van der Waals surface area contributed by atoms with Gasteiger partial charge in [-0.25, -0.2) is 4.98 Å². The maximum Gasteiger partial charge on any atom is 0.251 e. The van der Waals surface area contributed by atoms with Crippen molar-refractivity contribution >= 4 is 17.7 Å². The molecule has 0 saturated heterocycles. The topological polar surface area (TPSA) is 67.2 Å². The molecule has 2 atom stereocenters. The van der Waals surface area contributed by atoms with Gasteiger partial charge in [0.25, 0.3) is 5.91 Å². The average molecular weight is 329 g/mol. The molecule has 2 aromatic rings. The first kappa shape index (κ1) is 15.8. The number of nitrogens with one attached hydrogen (secondary N) is 1. The zero-order valence-corrected chi connectivity index (χ0v) is 13.7. The van der Waals surface area contributed by atoms with E-state index in [0.29, 0.717) is 5.56 Å². The van der Waals surface area contributed by atoms with E-state index in [1.807, 2.05) is 53.4 Å². The third kappa shape index (κ3) is 3.48. The van der Waals surface area contributed by atoms with Gasteiger partial charge in [-0.3, -0.25) is 9.36 Å². The van der Waals surface area contributed by atoms with Gasteiger partial charge >= 0.3 is 0 Å². The number of imidazole rings is 1. The number of benzene rings is 1. The Hall–Kier alpha value is -2.05. The Bertz CT molecular complexity index is 709. The summed E-state index contributed by atoms with van der Waals surface area (Å²) in [6.07, 6.45) is 10.3. The fourth-order valence-corrected chi connectivity index (χ4v) is 3.21. The summed E-state index contributed by atoms with van der Waals surface area (Å²) in [6.45, 7) is 0.125. The lowest BCUT2D eigenvalue weighted by Gasteiger charge is -2.13. The van der Waals surface area contributed by atoms with Gasteiger partial charge in [-0.15, -0.1) is 0 Å². The second-order valence-corrected chi connectivity index (χ2v) is 6.25. The number of hydrogen-bond acceptors (Lipinski definition) is 4. The highest BCUT2D eigenvalue weighted by molar-refractivity contribution is 7.98. The van der Waals surface area contributed by atoms with Crippen molar-refractivity contribution in [2.75, 3.05) is 12.9 Å². The highest BCUT2D eigenvalue weighted by Crippen LogP contribution is 2.20. The van der Waals surface area contributed by atoms with Crippen LogP contribution in [0.4, 0.5) is 0 Å². The first-order valence-corrected chi connectivity index (χ1v) is 8.71. The number of nitrogens with zero attached hydrogens (tertiary/aromatic N) is 2. The van der Waals surface area contributed by atoms with Crippen LogP contribution in [0, 0.1) is 5.92 Å². The van der Waals surface area contributed by atoms with Gasteiger partial charge in [0.05, 0.1) is 0 Å². The van der Waals surface area contributed by atoms with Crippen molar-refractivity contribution < 1.29 is 9.90 Å². The number of hydrogen-bond donors (Lipinski definition) is 2. The summed E-state index contributed by atoms with van der Waals surface area (Å²) >= 11 is 1.58. The van der Waals surface area contributed by atoms with E-state index in [2.05, 4.69) is 10.3 Å². The molecule has 1 aromatic heterocycles. The lowest BCUT2D eigenvalue weighted by atomic mass is 10.1. The average Bonchev–Trinajstić information content (AvgIpc) is 3.23. The molecule has 1 aliphatic carbocycles. The number of aliphatic hydroxyl groups is 1. The van der Waals surface area contributed by atoms with Gasteiger partial charge in [0.1, 0.15) is 0 Å². The summed E-state index contributed by atoms with van der Waals surface area (Å²) in [5.74, 6) is 0.0504. The van der Waals surface area contributed by atoms with Crippen LogP contribution in [0.25, 0.3) is 5.69 Å². The Balaban J connectivity index is 1.68. The lowest BCUT2D eigenvalue weighted by Crippen LogP contribution is -2.32. The van der Waals surface area contributed by atoms with Crippen LogP contribution in [-0.4, -0.2) is 39.5 Å². The molecule has 1 aliphatic rings. The number of aromatic nitrogens is 2. The predicted octanol–water partition coefficient (Wildman–Crippen LogP) is 2.26. The van der Waals surface area contributed by atoms with E-state index in [0.717, 1.165) is 17.3 Å². The number of amides is 1. The molecular formula is C17H19N3O2S. The summed E-state index contributed by atoms with van der Waals surface area (Å²) in [5.41, 5.74) is 1.60. The van der Waals surface area contributed by atoms with Crippen molar-refractivity contribution in [3.05, 3.63) is 54.4 Å². The van der Waals surface area contributed by atoms with Crippen LogP contribution in [0.2, 0.25) is 0 Å². The molecule has 1 heterocycles. The van der Waals surface area contributed by atoms with Gasteiger partial charge in [0.15, 0.2) is 5.16 Å². The van der Waals surface area contributed by atoms with E-state index in [1.165, 1.54) is 0 Å². The molecule has 120 valence electrons. The minimum absolute atomic E-state index is 0.00364. The molecule has 0 saturated carbocycles. The molecule has 23 heavy (non-hydrogen) atoms. The molecule has 0 bridgehead atoms. The van der Waals surface area contributed by atoms with Crippen LogP contribution in [0.3, 0.4) is 0 Å². The second-order valence-electron chi connectivity index (χ2n) is 5.47. The predicted molar refractivity (Wildman–Crippen MR) is 90.9 cm³/mol. The standard InChI is InChI=1S/C17H19N3O2S/c1-23-17-18-8-9-20(17)15-6-3-13(4-7-15)16(22)19-14-5-2-12(10-14)11-21/h2-9,12,14,21H,10-11H2,1H3,(H,19,22)/t12-,14+/m0/s1. The molecule has 0 unspecified atom stereocenters. The fraction of sp³-hybridized carbons (Fsp3) is 0.294. The largest absolute Gasteiger partial charge is 0.396 e. The Morgan fingerprint density at radius 3 is 2.83 bits per heavy atom. The van der Waals surface area contributed by atoms with E-state index in [4.69, 9.17) is 5.11 Å². The van der Waals surface area contributed by atoms with Crippen molar-refractivity contribution in [3.8, 4) is 5.69 Å². The van der Waals surface area contributed by atoms with Crippen molar-refractivity contribution in [2.24, 2.45) is 5.92 Å². The van der Waals surface area contributed by atoms with Gasteiger partial charge in [-0.1, -0.05) is 23.9 Å². The third-order valence-corrected chi connectivity index (χ3v) is 4.59. The Labute approximate surface area is 139 Å². The van der Waals surface area contributed by atoms with Crippen LogP contribution in [0.1, 0.15) is 16.8 Å². The van der Waals surface area contributed by atoms with Gasteiger partial charge in [0.2, 0.25) is 0 Å². The SMILES string of the molecule is CSc1nccn1-c1ccc(C(=O)N[C@@H]2C=C[C@H](CO)C2)cc1. The summed E-state index contributed by atoms with van der Waals surface area (Å²) in [5, 5.41) is 13.0. The van der Waals surface area contributed by atoms with Gasteiger partial charge in [-0.2, -0.15) is 0 Å². The van der Waals surface area contributed by atoms with E-state index >= 15 is 0 Å². The number of carbonyl (C=O) groups is 1. The van der Waals surface area contributed by atoms with Gasteiger partial charge in [0, 0.05) is 42.2 Å². The quantitative estimate of drug-likeness (QED) is 0.652. The van der Waals surface area contributed by atoms with Crippen LogP contribution in [0.5, 0.6) is 0 Å². The Morgan fingerprint density at radius 1 is 1.39 bits per heavy atom. The second kappa shape index (κ2) is 7.02. The number of thioether (sulfide) groups is 1. The highest BCUT2D eigenvalue weighted by Gasteiger charge is 2.20. The minimum atomic E-state index is -0.0967. The lowest BCUT2D eigenvalue weighted by molar-refractivity contribution is 0.0941. The molecule has 6 heteroatoms. The zero-order valence-electron chi connectivity index (χ0n) is 12.8. The molecular weight excluding hydrogens is 310 g/mol. The molecule has 0 radical (unpaired) electrons. The van der Waals surface area contributed by atoms with Crippen molar-refractivity contribution in [1.82, 2.24) is 14.9 Å². The van der Waals surface area contributed by atoms with E-state index in [1.54, 1.807) is 18.0 Å². The first-order valence-electron chi connectivity index (χ1n) is 7.49. The van der Waals surface area contributed by atoms with Crippen LogP contribution < -0.4 is 5.32 Å². The van der Waals surface area contributed by atoms with Gasteiger partial charge in [-0.05, 0) is 36.9 Å². The summed E-state index contributed by atoms with van der Waals surface area (Å²) in [4.78, 5) is 16.6. The highest BCUT2D eigenvalue weighted by atomic mass is 32.2. The van der Waals surface area contributed by atoms with Gasteiger partial charge < -0.3 is 10.4 Å². The van der Waals surface area contributed by atoms with E-state index in [9.17, 15) is 4.79 Å². The minimum Gasteiger partial charge on any atom is -0.396 e. The summed E-state index contributed by atoms with van der Waals surface area (Å²) < 4.78 is 1.98. The Morgan fingerprint density at radius 2 is 2.17 bits per heavy atom. The first-order chi connectivity index (χ1) is 11.2. The maximum atomic E-state index is 12.3. The van der Waals surface area contributed by atoms with Crippen molar-refractivity contribution in [3.63, 3.8) is 0 Å². The molecule has 2 N–H and O–H groups in total. The maximum absolute atomic E-state index is 12.3. The van der Waals surface area contributed by atoms with Crippen LogP contribution in [0.15, 0.2) is 54.0 Å². The molecule has 3 rings (SSSR count). The third-order valence-electron chi connectivity index (χ3n) is 3.92. The van der Waals surface area contributed by atoms with E-state index in [-0.39, 0.29) is 24.5 Å². The van der Waals surface area contributed by atoms with Crippen LogP contribution >= 0.6 is 11.8 Å². The Kier molecular flexibility index (Phi) is 4.83. The van der Waals surface area contributed by atoms with Crippen LogP contribution in [-0.2, 0) is 0 Å². The normalized spacial score (nSPS) is 19.9. The number of carbonyl (C=O) groups excluding carboxylic acids is 1. The zero-order chi connectivity index (χ0) is 16.2. The number of rotatable bonds is 5. The molecule has 1 aromatic carbocycles. The smallest absolute Gasteiger partial charge is 0.251 e.